The molecule has 0 spiro atoms. The van der Waals surface area contributed by atoms with E-state index in [1.165, 1.54) is 0 Å². The van der Waals surface area contributed by atoms with Gasteiger partial charge >= 0.3 is 0 Å². The smallest absolute Gasteiger partial charge is 0.206 e. The first-order valence-electron chi connectivity index (χ1n) is 10.0. The van der Waals surface area contributed by atoms with Crippen LogP contribution < -0.4 is 10.2 Å². The molecule has 4 rings (SSSR count). The van der Waals surface area contributed by atoms with Crippen LogP contribution in [0.25, 0.3) is 11.1 Å². The number of aliphatic hydroxyl groups excluding tert-OH is 1. The lowest BCUT2D eigenvalue weighted by Gasteiger charge is -2.29. The van der Waals surface area contributed by atoms with Crippen LogP contribution in [-0.2, 0) is 14.6 Å². The topological polar surface area (TPSA) is 91.8 Å². The summed E-state index contributed by atoms with van der Waals surface area (Å²) in [4.78, 5) is 7.10. The molecule has 7 nitrogen and oxygen atoms in total. The standard InChI is InChI=1S/C22H24N3O4PS/c26-9-6-23-22-24-15-18(16-30-22)17-12-19(25-7-10-29-11-8-25)14-21(13-17)31(27,28)20-4-2-1-3-5-20/h1-5,12-16,26H,6-11H2,(H,23,24). The van der Waals surface area contributed by atoms with E-state index in [9.17, 15) is 8.42 Å². The van der Waals surface area contributed by atoms with E-state index in [4.69, 9.17) is 9.84 Å². The first-order valence-corrected chi connectivity index (χ1v) is 12.5. The molecule has 0 amide bonds. The van der Waals surface area contributed by atoms with Crippen molar-refractivity contribution >= 4 is 29.3 Å². The third-order valence-corrected chi connectivity index (χ3v) is 7.69. The summed E-state index contributed by atoms with van der Waals surface area (Å²) in [5, 5.41) is 12.0. The van der Waals surface area contributed by atoms with Crippen molar-refractivity contribution in [2.45, 2.75) is 9.79 Å². The molecule has 162 valence electrons. The highest BCUT2D eigenvalue weighted by Gasteiger charge is 2.21. The zero-order valence-electron chi connectivity index (χ0n) is 16.9. The molecule has 0 saturated carbocycles. The van der Waals surface area contributed by atoms with Crippen LogP contribution in [-0.4, -0.2) is 58.0 Å². The average molecular weight is 457 g/mol. The number of nitrogens with one attached hydrogen (secondary N) is 1. The van der Waals surface area contributed by atoms with Crippen LogP contribution in [0.15, 0.2) is 70.3 Å². The highest BCUT2D eigenvalue weighted by molar-refractivity contribution is 7.91. The van der Waals surface area contributed by atoms with Crippen LogP contribution >= 0.6 is 8.19 Å². The zero-order chi connectivity index (χ0) is 21.7. The third kappa shape index (κ3) is 5.05. The fourth-order valence-electron chi connectivity index (χ4n) is 3.38. The van der Waals surface area contributed by atoms with Crippen molar-refractivity contribution in [3.8, 4) is 11.1 Å². The second-order valence-electron chi connectivity index (χ2n) is 7.08. The van der Waals surface area contributed by atoms with Crippen LogP contribution in [0, 0.1) is 0 Å². The van der Waals surface area contributed by atoms with E-state index >= 15 is 0 Å². The maximum absolute atomic E-state index is 13.3. The van der Waals surface area contributed by atoms with Gasteiger partial charge in [0, 0.05) is 37.1 Å². The number of hydrogen-bond donors (Lipinski definition) is 2. The molecule has 1 saturated heterocycles. The van der Waals surface area contributed by atoms with E-state index in [1.54, 1.807) is 48.7 Å². The summed E-state index contributed by atoms with van der Waals surface area (Å²) < 4.78 is 32.1. The Kier molecular flexibility index (Phi) is 6.83. The van der Waals surface area contributed by atoms with E-state index < -0.39 is 9.84 Å². The second-order valence-corrected chi connectivity index (χ2v) is 9.97. The molecule has 1 aliphatic rings. The fraction of sp³-hybridized carbons (Fsp3) is 0.273. The Hall–Kier alpha value is -2.51. The van der Waals surface area contributed by atoms with Crippen molar-refractivity contribution in [1.82, 2.24) is 4.98 Å². The molecule has 1 aromatic heterocycles. The second kappa shape index (κ2) is 9.75. The van der Waals surface area contributed by atoms with Gasteiger partial charge in [-0.25, -0.2) is 13.4 Å². The Morgan fingerprint density at radius 3 is 2.52 bits per heavy atom. The number of rotatable bonds is 7. The van der Waals surface area contributed by atoms with Gasteiger partial charge in [0.1, 0.15) is 0 Å². The quantitative estimate of drug-likeness (QED) is 0.562. The normalized spacial score (nSPS) is 14.7. The fourth-order valence-corrected chi connectivity index (χ4v) is 5.53. The van der Waals surface area contributed by atoms with Crippen molar-refractivity contribution in [2.75, 3.05) is 49.7 Å². The molecular formula is C22H24N3O4PS. The van der Waals surface area contributed by atoms with Gasteiger partial charge in [0.25, 0.3) is 0 Å². The van der Waals surface area contributed by atoms with Gasteiger partial charge in [-0.15, -0.1) is 0 Å². The Balaban J connectivity index is 1.77. The molecule has 3 aromatic rings. The number of ether oxygens (including phenoxy) is 1. The van der Waals surface area contributed by atoms with Gasteiger partial charge in [0.05, 0.1) is 29.6 Å². The SMILES string of the molecule is O=S(=O)(c1ccccc1)c1cc(-c2cnc(NCCO)pc2)cc(N2CCOCC2)c1. The van der Waals surface area contributed by atoms with E-state index in [-0.39, 0.29) is 16.4 Å². The lowest BCUT2D eigenvalue weighted by Crippen LogP contribution is -2.36. The van der Waals surface area contributed by atoms with E-state index in [1.807, 2.05) is 11.9 Å². The summed E-state index contributed by atoms with van der Waals surface area (Å²) in [5.41, 5.74) is 3.26. The Morgan fingerprint density at radius 1 is 1.06 bits per heavy atom. The molecule has 9 heteroatoms. The zero-order valence-corrected chi connectivity index (χ0v) is 18.6. The lowest BCUT2D eigenvalue weighted by molar-refractivity contribution is 0.122. The Labute approximate surface area is 183 Å². The molecule has 0 unspecified atom stereocenters. The molecular weight excluding hydrogens is 433 g/mol. The first kappa shape index (κ1) is 21.7. The van der Waals surface area contributed by atoms with Gasteiger partial charge < -0.3 is 20.1 Å². The van der Waals surface area contributed by atoms with Gasteiger partial charge in [-0.05, 0) is 49.9 Å². The summed E-state index contributed by atoms with van der Waals surface area (Å²) in [7, 11) is -2.80. The lowest BCUT2D eigenvalue weighted by atomic mass is 10.1. The van der Waals surface area contributed by atoms with Crippen molar-refractivity contribution in [3.63, 3.8) is 0 Å². The third-order valence-electron chi connectivity index (χ3n) is 5.01. The van der Waals surface area contributed by atoms with Gasteiger partial charge in [-0.1, -0.05) is 18.2 Å². The molecule has 0 atom stereocenters. The Morgan fingerprint density at radius 2 is 1.84 bits per heavy atom. The largest absolute Gasteiger partial charge is 0.395 e. The highest BCUT2D eigenvalue weighted by atomic mass is 32.2. The number of hydrogen-bond acceptors (Lipinski definition) is 7. The highest BCUT2D eigenvalue weighted by Crippen LogP contribution is 2.33. The van der Waals surface area contributed by atoms with Crippen molar-refractivity contribution in [3.05, 3.63) is 60.5 Å². The van der Waals surface area contributed by atoms with Crippen molar-refractivity contribution in [2.24, 2.45) is 0 Å². The number of morpholine rings is 1. The molecule has 1 aliphatic heterocycles. The monoisotopic (exact) mass is 457 g/mol. The molecule has 2 aromatic carbocycles. The number of aromatic nitrogens is 1. The molecule has 0 bridgehead atoms. The summed E-state index contributed by atoms with van der Waals surface area (Å²) in [5.74, 6) is 1.99. The summed E-state index contributed by atoms with van der Waals surface area (Å²) in [6.45, 7) is 3.12. The van der Waals surface area contributed by atoms with E-state index in [0.29, 0.717) is 32.8 Å². The number of aliphatic hydroxyl groups is 1. The minimum Gasteiger partial charge on any atom is -0.395 e. The molecule has 0 aliphatic carbocycles. The molecule has 31 heavy (non-hydrogen) atoms. The molecule has 2 heterocycles. The van der Waals surface area contributed by atoms with Crippen LogP contribution in [0.3, 0.4) is 0 Å². The minimum atomic E-state index is -3.66. The van der Waals surface area contributed by atoms with Crippen molar-refractivity contribution < 1.29 is 18.3 Å². The van der Waals surface area contributed by atoms with E-state index in [0.717, 1.165) is 30.6 Å². The van der Waals surface area contributed by atoms with Crippen LogP contribution in [0.5, 0.6) is 0 Å². The Bertz CT molecular complexity index is 1120. The predicted octanol–water partition coefficient (Wildman–Crippen LogP) is 3.40. The number of nitrogens with zero attached hydrogens (tertiary/aromatic N) is 2. The van der Waals surface area contributed by atoms with Crippen molar-refractivity contribution in [1.29, 1.82) is 0 Å². The first-order chi connectivity index (χ1) is 15.1. The van der Waals surface area contributed by atoms with Gasteiger partial charge in [0.2, 0.25) is 9.84 Å². The number of anilines is 2. The summed E-state index contributed by atoms with van der Waals surface area (Å²) >= 11 is 0. The average Bonchev–Trinajstić information content (AvgIpc) is 2.84. The molecule has 0 radical (unpaired) electrons. The summed E-state index contributed by atoms with van der Waals surface area (Å²) in [6, 6.07) is 14.0. The molecule has 2 N–H and O–H groups in total. The molecule has 1 fully saturated rings. The summed E-state index contributed by atoms with van der Waals surface area (Å²) in [6.07, 6.45) is 1.73. The number of sulfone groups is 1. The van der Waals surface area contributed by atoms with E-state index in [2.05, 4.69) is 15.2 Å². The maximum Gasteiger partial charge on any atom is 0.206 e. The maximum atomic E-state index is 13.3. The van der Waals surface area contributed by atoms with Gasteiger partial charge in [0.15, 0.2) is 5.55 Å². The van der Waals surface area contributed by atoms with Crippen LogP contribution in [0.4, 0.5) is 11.2 Å². The van der Waals surface area contributed by atoms with Gasteiger partial charge in [-0.2, -0.15) is 0 Å². The van der Waals surface area contributed by atoms with Crippen LogP contribution in [0.2, 0.25) is 0 Å². The number of benzene rings is 2. The minimum absolute atomic E-state index is 0.0351. The van der Waals surface area contributed by atoms with Crippen LogP contribution in [0.1, 0.15) is 0 Å². The van der Waals surface area contributed by atoms with Gasteiger partial charge in [-0.3, -0.25) is 0 Å². The predicted molar refractivity (Wildman–Crippen MR) is 123 cm³/mol.